The third-order valence-electron chi connectivity index (χ3n) is 5.88. The Bertz CT molecular complexity index is 938. The summed E-state index contributed by atoms with van der Waals surface area (Å²) in [6.45, 7) is 2.59. The third-order valence-corrected chi connectivity index (χ3v) is 5.88. The van der Waals surface area contributed by atoms with E-state index in [9.17, 15) is 4.79 Å². The average molecular weight is 376 g/mol. The van der Waals surface area contributed by atoms with Gasteiger partial charge in [-0.15, -0.1) is 0 Å². The average Bonchev–Trinajstić information content (AvgIpc) is 2.92. The number of carbonyl (C=O) groups excluding carboxylic acids is 1. The second-order valence-corrected chi connectivity index (χ2v) is 7.80. The number of piperidine rings is 1. The van der Waals surface area contributed by atoms with Gasteiger partial charge in [-0.1, -0.05) is 6.07 Å². The Morgan fingerprint density at radius 3 is 2.82 bits per heavy atom. The Morgan fingerprint density at radius 2 is 1.96 bits per heavy atom. The molecule has 3 aliphatic rings. The van der Waals surface area contributed by atoms with E-state index in [0.717, 1.165) is 43.3 Å². The lowest BCUT2D eigenvalue weighted by molar-refractivity contribution is -0.135. The largest absolute Gasteiger partial charge is 0.338 e. The number of carbonyl (C=O) groups is 1. The number of anilines is 1. The van der Waals surface area contributed by atoms with Crippen LogP contribution in [0.4, 0.5) is 5.95 Å². The SMILES string of the molecule is O=C(CCc1cn2ccccc2n1)N1CC2CCC1CN(c1ncccn1)C2. The quantitative estimate of drug-likeness (QED) is 0.698. The molecule has 3 saturated heterocycles. The summed E-state index contributed by atoms with van der Waals surface area (Å²) in [6, 6.07) is 8.04. The number of hydrogen-bond acceptors (Lipinski definition) is 5. The Hall–Kier alpha value is -2.96. The lowest BCUT2D eigenvalue weighted by Gasteiger charge is -2.36. The van der Waals surface area contributed by atoms with Crippen molar-refractivity contribution in [2.75, 3.05) is 24.5 Å². The van der Waals surface area contributed by atoms with Gasteiger partial charge in [0.05, 0.1) is 5.69 Å². The predicted molar refractivity (Wildman–Crippen MR) is 106 cm³/mol. The van der Waals surface area contributed by atoms with Crippen LogP contribution >= 0.6 is 0 Å². The van der Waals surface area contributed by atoms with E-state index in [2.05, 4.69) is 24.8 Å². The van der Waals surface area contributed by atoms with Crippen LogP contribution in [0, 0.1) is 5.92 Å². The molecule has 2 bridgehead atoms. The van der Waals surface area contributed by atoms with Gasteiger partial charge in [-0.3, -0.25) is 4.79 Å². The maximum absolute atomic E-state index is 13.0. The van der Waals surface area contributed by atoms with E-state index in [1.54, 1.807) is 12.4 Å². The van der Waals surface area contributed by atoms with E-state index in [-0.39, 0.29) is 11.9 Å². The number of fused-ring (bicyclic) bond motifs is 5. The van der Waals surface area contributed by atoms with Crippen molar-refractivity contribution >= 4 is 17.5 Å². The van der Waals surface area contributed by atoms with Crippen molar-refractivity contribution in [3.63, 3.8) is 0 Å². The van der Waals surface area contributed by atoms with E-state index < -0.39 is 0 Å². The molecule has 6 heterocycles. The Morgan fingerprint density at radius 1 is 1.07 bits per heavy atom. The third kappa shape index (κ3) is 3.32. The van der Waals surface area contributed by atoms with Gasteiger partial charge in [0.2, 0.25) is 11.9 Å². The highest BCUT2D eigenvalue weighted by molar-refractivity contribution is 5.77. The standard InChI is InChI=1S/C21H24N6O/c28-20(8-6-17-14-25-11-2-1-4-19(25)24-17)27-13-16-5-7-18(27)15-26(12-16)21-22-9-3-10-23-21/h1-4,9-11,14,16,18H,5-8,12-13,15H2. The summed E-state index contributed by atoms with van der Waals surface area (Å²) >= 11 is 0. The summed E-state index contributed by atoms with van der Waals surface area (Å²) in [6.07, 6.45) is 11.0. The molecule has 7 nitrogen and oxygen atoms in total. The van der Waals surface area contributed by atoms with Crippen LogP contribution in [0.25, 0.3) is 5.65 Å². The zero-order chi connectivity index (χ0) is 18.9. The van der Waals surface area contributed by atoms with Gasteiger partial charge in [-0.05, 0) is 43.4 Å². The highest BCUT2D eigenvalue weighted by Crippen LogP contribution is 2.30. The molecule has 3 fully saturated rings. The zero-order valence-electron chi connectivity index (χ0n) is 15.8. The minimum Gasteiger partial charge on any atom is -0.338 e. The van der Waals surface area contributed by atoms with Gasteiger partial charge in [0, 0.05) is 56.9 Å². The van der Waals surface area contributed by atoms with Crippen molar-refractivity contribution in [1.82, 2.24) is 24.3 Å². The molecule has 0 spiro atoms. The van der Waals surface area contributed by atoms with Crippen molar-refractivity contribution in [2.45, 2.75) is 31.7 Å². The summed E-state index contributed by atoms with van der Waals surface area (Å²) in [5.41, 5.74) is 1.90. The molecule has 7 heteroatoms. The molecule has 0 radical (unpaired) electrons. The van der Waals surface area contributed by atoms with E-state index in [1.807, 2.05) is 41.1 Å². The molecule has 3 aromatic heterocycles. The topological polar surface area (TPSA) is 66.6 Å². The summed E-state index contributed by atoms with van der Waals surface area (Å²) in [5, 5.41) is 0. The molecule has 0 N–H and O–H groups in total. The number of pyridine rings is 1. The van der Waals surface area contributed by atoms with E-state index in [1.165, 1.54) is 6.42 Å². The van der Waals surface area contributed by atoms with E-state index >= 15 is 0 Å². The van der Waals surface area contributed by atoms with Gasteiger partial charge in [-0.2, -0.15) is 0 Å². The smallest absolute Gasteiger partial charge is 0.225 e. The molecule has 0 aromatic carbocycles. The van der Waals surface area contributed by atoms with Crippen LogP contribution in [0.15, 0.2) is 49.1 Å². The second-order valence-electron chi connectivity index (χ2n) is 7.80. The number of hydrogen-bond donors (Lipinski definition) is 0. The highest BCUT2D eigenvalue weighted by Gasteiger charge is 2.37. The van der Waals surface area contributed by atoms with Gasteiger partial charge in [0.15, 0.2) is 0 Å². The van der Waals surface area contributed by atoms with Crippen molar-refractivity contribution in [2.24, 2.45) is 5.92 Å². The Labute approximate surface area is 164 Å². The number of amides is 1. The fourth-order valence-corrected chi connectivity index (χ4v) is 4.49. The zero-order valence-corrected chi connectivity index (χ0v) is 15.8. The minimum atomic E-state index is 0.239. The lowest BCUT2D eigenvalue weighted by atomic mass is 9.94. The lowest BCUT2D eigenvalue weighted by Crippen LogP contribution is -2.47. The maximum atomic E-state index is 13.0. The van der Waals surface area contributed by atoms with Crippen LogP contribution in [-0.4, -0.2) is 55.8 Å². The van der Waals surface area contributed by atoms with Crippen LogP contribution in [0.2, 0.25) is 0 Å². The molecule has 0 aliphatic carbocycles. The molecule has 144 valence electrons. The minimum absolute atomic E-state index is 0.239. The molecule has 6 rings (SSSR count). The summed E-state index contributed by atoms with van der Waals surface area (Å²) in [5.74, 6) is 1.50. The fraction of sp³-hybridized carbons (Fsp3) is 0.429. The molecule has 2 atom stereocenters. The van der Waals surface area contributed by atoms with Crippen LogP contribution < -0.4 is 4.90 Å². The van der Waals surface area contributed by atoms with Crippen LogP contribution in [0.1, 0.15) is 25.0 Å². The molecule has 2 unspecified atom stereocenters. The Kier molecular flexibility index (Phi) is 4.43. The first kappa shape index (κ1) is 17.2. The molecule has 28 heavy (non-hydrogen) atoms. The number of aromatic nitrogens is 4. The number of nitrogens with zero attached hydrogens (tertiary/aromatic N) is 6. The number of aryl methyl sites for hydroxylation is 1. The van der Waals surface area contributed by atoms with Crippen molar-refractivity contribution < 1.29 is 4.79 Å². The Balaban J connectivity index is 1.26. The molecular weight excluding hydrogens is 352 g/mol. The van der Waals surface area contributed by atoms with Crippen molar-refractivity contribution in [1.29, 1.82) is 0 Å². The first-order chi connectivity index (χ1) is 13.8. The molecule has 1 amide bonds. The van der Waals surface area contributed by atoms with Crippen LogP contribution in [-0.2, 0) is 11.2 Å². The summed E-state index contributed by atoms with van der Waals surface area (Å²) in [4.78, 5) is 30.8. The van der Waals surface area contributed by atoms with Gasteiger partial charge in [0.1, 0.15) is 5.65 Å². The first-order valence-corrected chi connectivity index (χ1v) is 10.0. The second kappa shape index (κ2) is 7.22. The van der Waals surface area contributed by atoms with Crippen LogP contribution in [0.5, 0.6) is 0 Å². The number of imidazole rings is 1. The van der Waals surface area contributed by atoms with Gasteiger partial charge >= 0.3 is 0 Å². The molecule has 0 saturated carbocycles. The summed E-state index contributed by atoms with van der Waals surface area (Å²) in [7, 11) is 0. The van der Waals surface area contributed by atoms with Crippen LogP contribution in [0.3, 0.4) is 0 Å². The normalized spacial score (nSPS) is 21.9. The monoisotopic (exact) mass is 376 g/mol. The predicted octanol–water partition coefficient (Wildman–Crippen LogP) is 2.18. The highest BCUT2D eigenvalue weighted by atomic mass is 16.2. The van der Waals surface area contributed by atoms with Gasteiger partial charge in [-0.25, -0.2) is 15.0 Å². The molecule has 3 aromatic rings. The first-order valence-electron chi connectivity index (χ1n) is 10.0. The van der Waals surface area contributed by atoms with E-state index in [4.69, 9.17) is 0 Å². The van der Waals surface area contributed by atoms with E-state index in [0.29, 0.717) is 18.8 Å². The van der Waals surface area contributed by atoms with Crippen molar-refractivity contribution in [3.05, 3.63) is 54.7 Å². The fourth-order valence-electron chi connectivity index (χ4n) is 4.49. The molecule has 3 aliphatic heterocycles. The molecular formula is C21H24N6O. The maximum Gasteiger partial charge on any atom is 0.225 e. The summed E-state index contributed by atoms with van der Waals surface area (Å²) < 4.78 is 2.01. The van der Waals surface area contributed by atoms with Crippen molar-refractivity contribution in [3.8, 4) is 0 Å². The van der Waals surface area contributed by atoms with Gasteiger partial charge < -0.3 is 14.2 Å². The number of rotatable bonds is 4. The van der Waals surface area contributed by atoms with Gasteiger partial charge in [0.25, 0.3) is 0 Å².